The zero-order chi connectivity index (χ0) is 23.5. The van der Waals surface area contributed by atoms with E-state index in [0.29, 0.717) is 17.2 Å². The number of carbonyl (C=O) groups is 1. The fourth-order valence-electron chi connectivity index (χ4n) is 4.68. The van der Waals surface area contributed by atoms with Gasteiger partial charge in [0.15, 0.2) is 0 Å². The summed E-state index contributed by atoms with van der Waals surface area (Å²) in [4.78, 5) is 12.6. The number of rotatable bonds is 12. The normalized spacial score (nSPS) is 16.8. The second kappa shape index (κ2) is 13.4. The second-order valence-corrected chi connectivity index (χ2v) is 9.90. The minimum absolute atomic E-state index is 0.294. The summed E-state index contributed by atoms with van der Waals surface area (Å²) in [5, 5.41) is 0. The molecule has 2 nitrogen and oxygen atoms in total. The lowest BCUT2D eigenvalue weighted by Gasteiger charge is -2.22. The molecule has 0 saturated carbocycles. The van der Waals surface area contributed by atoms with E-state index in [9.17, 15) is 4.79 Å². The average molecular weight is 447 g/mol. The van der Waals surface area contributed by atoms with E-state index in [1.54, 1.807) is 0 Å². The van der Waals surface area contributed by atoms with Gasteiger partial charge in [0, 0.05) is 0 Å². The van der Waals surface area contributed by atoms with Gasteiger partial charge in [-0.2, -0.15) is 0 Å². The number of esters is 1. The van der Waals surface area contributed by atoms with E-state index < -0.39 is 0 Å². The minimum atomic E-state index is -0.294. The standard InChI is InChI=1S/C31H42O2/c1-4-6-7-8-9-10-25-11-15-27(16-12-25)28-17-19-29(20-18-28)31(32)33-30-21-13-26(14-22-30)23-24(3)5-2/h13-15,17-22,24-25H,4-12,16,23H2,1-3H3. The van der Waals surface area contributed by atoms with Crippen LogP contribution in [0.4, 0.5) is 0 Å². The Morgan fingerprint density at radius 1 is 0.970 bits per heavy atom. The van der Waals surface area contributed by atoms with Crippen LogP contribution in [0.25, 0.3) is 5.57 Å². The lowest BCUT2D eigenvalue weighted by Crippen LogP contribution is -2.09. The Balaban J connectivity index is 1.48. The fourth-order valence-corrected chi connectivity index (χ4v) is 4.68. The van der Waals surface area contributed by atoms with Crippen molar-refractivity contribution in [1.29, 1.82) is 0 Å². The molecule has 0 fully saturated rings. The summed E-state index contributed by atoms with van der Waals surface area (Å²) in [6.07, 6.45) is 16.5. The summed E-state index contributed by atoms with van der Waals surface area (Å²) in [5.74, 6) is 1.82. The molecule has 0 bridgehead atoms. The number of carbonyl (C=O) groups excluding carboxylic acids is 1. The molecule has 0 aromatic heterocycles. The molecule has 2 unspecified atom stereocenters. The van der Waals surface area contributed by atoms with E-state index >= 15 is 0 Å². The summed E-state index contributed by atoms with van der Waals surface area (Å²) in [6, 6.07) is 15.9. The lowest BCUT2D eigenvalue weighted by atomic mass is 9.83. The van der Waals surface area contributed by atoms with Gasteiger partial charge in [0.05, 0.1) is 5.56 Å². The van der Waals surface area contributed by atoms with E-state index in [1.165, 1.54) is 74.5 Å². The van der Waals surface area contributed by atoms with Crippen molar-refractivity contribution in [2.75, 3.05) is 0 Å². The lowest BCUT2D eigenvalue weighted by molar-refractivity contribution is 0.0734. The molecule has 0 heterocycles. The van der Waals surface area contributed by atoms with Gasteiger partial charge >= 0.3 is 5.97 Å². The zero-order valence-electron chi connectivity index (χ0n) is 20.9. The number of allylic oxidation sites excluding steroid dienone is 2. The summed E-state index contributed by atoms with van der Waals surface area (Å²) in [5.41, 5.74) is 4.55. The molecule has 0 aliphatic heterocycles. The first-order valence-electron chi connectivity index (χ1n) is 13.2. The molecular weight excluding hydrogens is 404 g/mol. The maximum absolute atomic E-state index is 12.6. The molecule has 0 N–H and O–H groups in total. The SMILES string of the molecule is CCCCCCCC1CC=C(c2ccc(C(=O)Oc3ccc(CC(C)CC)cc3)cc2)CC1. The summed E-state index contributed by atoms with van der Waals surface area (Å²) in [6.45, 7) is 6.75. The monoisotopic (exact) mass is 446 g/mol. The van der Waals surface area contributed by atoms with Gasteiger partial charge in [0.25, 0.3) is 0 Å². The van der Waals surface area contributed by atoms with Crippen molar-refractivity contribution in [3.05, 3.63) is 71.3 Å². The van der Waals surface area contributed by atoms with Crippen molar-refractivity contribution in [2.24, 2.45) is 11.8 Å². The highest BCUT2D eigenvalue weighted by Gasteiger charge is 2.16. The Bertz CT molecular complexity index is 876. The van der Waals surface area contributed by atoms with Gasteiger partial charge in [-0.15, -0.1) is 0 Å². The first kappa shape index (κ1) is 25.3. The number of benzene rings is 2. The van der Waals surface area contributed by atoms with Crippen molar-refractivity contribution in [1.82, 2.24) is 0 Å². The van der Waals surface area contributed by atoms with E-state index in [-0.39, 0.29) is 5.97 Å². The van der Waals surface area contributed by atoms with Gasteiger partial charge in [-0.3, -0.25) is 0 Å². The van der Waals surface area contributed by atoms with Crippen molar-refractivity contribution in [2.45, 2.75) is 91.4 Å². The number of unbranched alkanes of at least 4 members (excludes halogenated alkanes) is 4. The van der Waals surface area contributed by atoms with Crippen LogP contribution in [0.3, 0.4) is 0 Å². The molecule has 178 valence electrons. The molecule has 1 aliphatic rings. The Morgan fingerprint density at radius 3 is 2.33 bits per heavy atom. The van der Waals surface area contributed by atoms with E-state index in [2.05, 4.69) is 51.1 Å². The van der Waals surface area contributed by atoms with Crippen molar-refractivity contribution in [3.63, 3.8) is 0 Å². The van der Waals surface area contributed by atoms with Gasteiger partial charge in [-0.1, -0.05) is 96.1 Å². The van der Waals surface area contributed by atoms with Gasteiger partial charge in [0.1, 0.15) is 5.75 Å². The topological polar surface area (TPSA) is 26.3 Å². The highest BCUT2D eigenvalue weighted by molar-refractivity contribution is 5.91. The predicted octanol–water partition coefficient (Wildman–Crippen LogP) is 9.04. The summed E-state index contributed by atoms with van der Waals surface area (Å²) >= 11 is 0. The highest BCUT2D eigenvalue weighted by Crippen LogP contribution is 2.33. The maximum atomic E-state index is 12.6. The van der Waals surface area contributed by atoms with Gasteiger partial charge in [-0.25, -0.2) is 4.79 Å². The molecule has 3 rings (SSSR count). The Labute approximate surface area is 201 Å². The van der Waals surface area contributed by atoms with Crippen LogP contribution >= 0.6 is 0 Å². The van der Waals surface area contributed by atoms with Crippen LogP contribution in [0.1, 0.15) is 106 Å². The Kier molecular flexibility index (Phi) is 10.2. The highest BCUT2D eigenvalue weighted by atomic mass is 16.5. The molecule has 0 saturated heterocycles. The second-order valence-electron chi connectivity index (χ2n) is 9.90. The Morgan fingerprint density at radius 2 is 1.70 bits per heavy atom. The largest absolute Gasteiger partial charge is 0.423 e. The first-order valence-corrected chi connectivity index (χ1v) is 13.2. The van der Waals surface area contributed by atoms with Crippen LogP contribution in [0.5, 0.6) is 5.75 Å². The van der Waals surface area contributed by atoms with Crippen molar-refractivity contribution >= 4 is 11.5 Å². The molecular formula is C31H42O2. The van der Waals surface area contributed by atoms with E-state index in [0.717, 1.165) is 18.8 Å². The number of hydrogen-bond donors (Lipinski definition) is 0. The van der Waals surface area contributed by atoms with Crippen LogP contribution in [0.15, 0.2) is 54.6 Å². The smallest absolute Gasteiger partial charge is 0.343 e. The van der Waals surface area contributed by atoms with Crippen LogP contribution < -0.4 is 4.74 Å². The maximum Gasteiger partial charge on any atom is 0.343 e. The number of ether oxygens (including phenoxy) is 1. The molecule has 33 heavy (non-hydrogen) atoms. The fraction of sp³-hybridized carbons (Fsp3) is 0.516. The number of hydrogen-bond acceptors (Lipinski definition) is 2. The summed E-state index contributed by atoms with van der Waals surface area (Å²) < 4.78 is 5.59. The van der Waals surface area contributed by atoms with Crippen LogP contribution in [-0.2, 0) is 6.42 Å². The molecule has 2 atom stereocenters. The van der Waals surface area contributed by atoms with Crippen molar-refractivity contribution < 1.29 is 9.53 Å². The van der Waals surface area contributed by atoms with Gasteiger partial charge in [0.2, 0.25) is 0 Å². The summed E-state index contributed by atoms with van der Waals surface area (Å²) in [7, 11) is 0. The molecule has 1 aliphatic carbocycles. The molecule has 2 aromatic rings. The molecule has 2 heteroatoms. The quantitative estimate of drug-likeness (QED) is 0.185. The Hall–Kier alpha value is -2.35. The third-order valence-electron chi connectivity index (χ3n) is 7.14. The van der Waals surface area contributed by atoms with Crippen LogP contribution in [0.2, 0.25) is 0 Å². The predicted molar refractivity (Wildman–Crippen MR) is 140 cm³/mol. The van der Waals surface area contributed by atoms with E-state index in [4.69, 9.17) is 4.74 Å². The molecule has 0 amide bonds. The van der Waals surface area contributed by atoms with Crippen LogP contribution in [-0.4, -0.2) is 5.97 Å². The van der Waals surface area contributed by atoms with Crippen LogP contribution in [0, 0.1) is 11.8 Å². The average Bonchev–Trinajstić information content (AvgIpc) is 2.85. The van der Waals surface area contributed by atoms with Gasteiger partial charge in [-0.05, 0) is 78.5 Å². The zero-order valence-corrected chi connectivity index (χ0v) is 20.9. The molecule has 0 spiro atoms. The van der Waals surface area contributed by atoms with Crippen molar-refractivity contribution in [3.8, 4) is 5.75 Å². The van der Waals surface area contributed by atoms with E-state index in [1.807, 2.05) is 24.3 Å². The molecule has 0 radical (unpaired) electrons. The third-order valence-corrected chi connectivity index (χ3v) is 7.14. The third kappa shape index (κ3) is 8.18. The van der Waals surface area contributed by atoms with Gasteiger partial charge < -0.3 is 4.74 Å². The molecule has 2 aromatic carbocycles. The first-order chi connectivity index (χ1) is 16.1. The minimum Gasteiger partial charge on any atom is -0.423 e.